The quantitative estimate of drug-likeness (QED) is 0.0169. The van der Waals surface area contributed by atoms with Crippen molar-refractivity contribution < 1.29 is 80.2 Å². The zero-order chi connectivity index (χ0) is 74.6. The summed E-state index contributed by atoms with van der Waals surface area (Å²) in [4.78, 5) is 72.9. The molecule has 5 unspecified atom stereocenters. The minimum absolute atomic E-state index is 0.0650. The number of hydrogen-bond donors (Lipinski definition) is 3. The normalized spacial score (nSPS) is 14.7. The fourth-order valence-electron chi connectivity index (χ4n) is 9.86. The van der Waals surface area contributed by atoms with Crippen LogP contribution in [0.25, 0.3) is 0 Å². The molecule has 5 atom stereocenters. The molecule has 0 rings (SSSR count). The average Bonchev–Trinajstić information content (AvgIpc) is 0.909. The van der Waals surface area contributed by atoms with E-state index in [2.05, 4.69) is 174 Å². The number of phosphoric acid groups is 2. The van der Waals surface area contributed by atoms with Gasteiger partial charge in [-0.3, -0.25) is 37.3 Å². The molecule has 582 valence electrons. The van der Waals surface area contributed by atoms with Gasteiger partial charge in [-0.05, 0) is 161 Å². The molecule has 0 saturated heterocycles. The molecule has 0 saturated carbocycles. The Morgan fingerprint density at radius 3 is 0.843 bits per heavy atom. The van der Waals surface area contributed by atoms with E-state index in [4.69, 9.17) is 37.0 Å². The first-order valence-electron chi connectivity index (χ1n) is 39.1. The lowest BCUT2D eigenvalue weighted by molar-refractivity contribution is -0.161. The van der Waals surface area contributed by atoms with Crippen LogP contribution < -0.4 is 0 Å². The Morgan fingerprint density at radius 2 is 0.529 bits per heavy atom. The minimum Gasteiger partial charge on any atom is -0.462 e. The summed E-state index contributed by atoms with van der Waals surface area (Å²) in [5.74, 6) is -2.28. The number of allylic oxidation sites excluding steroid dienone is 24. The average molecular weight is 1470 g/mol. The van der Waals surface area contributed by atoms with Gasteiger partial charge in [0.05, 0.1) is 26.4 Å². The Bertz CT molecular complexity index is 2510. The van der Waals surface area contributed by atoms with Crippen molar-refractivity contribution in [2.24, 2.45) is 0 Å². The van der Waals surface area contributed by atoms with Crippen molar-refractivity contribution in [2.45, 2.75) is 316 Å². The Balaban J connectivity index is 5.41. The minimum atomic E-state index is -4.99. The van der Waals surface area contributed by atoms with Crippen LogP contribution in [-0.2, 0) is 65.4 Å². The van der Waals surface area contributed by atoms with Crippen molar-refractivity contribution in [1.29, 1.82) is 0 Å². The molecule has 3 N–H and O–H groups in total. The Morgan fingerprint density at radius 1 is 0.284 bits per heavy atom. The topological polar surface area (TPSA) is 237 Å². The molecule has 0 aromatic rings. The van der Waals surface area contributed by atoms with E-state index >= 15 is 0 Å². The number of aliphatic hydroxyl groups is 1. The van der Waals surface area contributed by atoms with Crippen LogP contribution in [0.4, 0.5) is 0 Å². The van der Waals surface area contributed by atoms with Crippen LogP contribution in [0.5, 0.6) is 0 Å². The zero-order valence-corrected chi connectivity index (χ0v) is 65.3. The summed E-state index contributed by atoms with van der Waals surface area (Å²) in [6.07, 6.45) is 84.1. The van der Waals surface area contributed by atoms with Gasteiger partial charge >= 0.3 is 39.5 Å². The van der Waals surface area contributed by atoms with Crippen LogP contribution in [0.2, 0.25) is 0 Å². The number of aliphatic hydroxyl groups excluding tert-OH is 1. The van der Waals surface area contributed by atoms with Crippen molar-refractivity contribution in [1.82, 2.24) is 0 Å². The number of esters is 4. The van der Waals surface area contributed by atoms with Gasteiger partial charge in [-0.25, -0.2) is 9.13 Å². The Labute approximate surface area is 617 Å². The van der Waals surface area contributed by atoms with E-state index < -0.39 is 97.5 Å². The third kappa shape index (κ3) is 73.3. The molecule has 0 amide bonds. The van der Waals surface area contributed by atoms with Crippen LogP contribution in [0, 0.1) is 0 Å². The molecule has 0 radical (unpaired) electrons. The highest BCUT2D eigenvalue weighted by Gasteiger charge is 2.30. The molecule has 0 aliphatic carbocycles. The summed E-state index contributed by atoms with van der Waals surface area (Å²) in [5, 5.41) is 10.6. The molecule has 0 aliphatic heterocycles. The predicted molar refractivity (Wildman–Crippen MR) is 417 cm³/mol. The summed E-state index contributed by atoms with van der Waals surface area (Å²) in [6, 6.07) is 0. The summed E-state index contributed by atoms with van der Waals surface area (Å²) in [7, 11) is -9.99. The maximum Gasteiger partial charge on any atom is 0.472 e. The Hall–Kier alpha value is -5.06. The number of rotatable bonds is 72. The lowest BCUT2D eigenvalue weighted by atomic mass is 10.1. The van der Waals surface area contributed by atoms with Crippen LogP contribution in [0.15, 0.2) is 146 Å². The van der Waals surface area contributed by atoms with Gasteiger partial charge in [-0.15, -0.1) is 0 Å². The summed E-state index contributed by atoms with van der Waals surface area (Å²) < 4.78 is 68.5. The maximum atomic E-state index is 13.1. The van der Waals surface area contributed by atoms with E-state index in [-0.39, 0.29) is 25.7 Å². The van der Waals surface area contributed by atoms with Crippen molar-refractivity contribution in [3.05, 3.63) is 146 Å². The van der Waals surface area contributed by atoms with Gasteiger partial charge < -0.3 is 33.8 Å². The van der Waals surface area contributed by atoms with Gasteiger partial charge in [0.1, 0.15) is 19.3 Å². The number of unbranched alkanes of at least 4 members (excludes halogenated alkanes) is 22. The van der Waals surface area contributed by atoms with Crippen LogP contribution in [0.3, 0.4) is 0 Å². The van der Waals surface area contributed by atoms with Gasteiger partial charge in [0.25, 0.3) is 0 Å². The monoisotopic (exact) mass is 1470 g/mol. The molecule has 0 aromatic heterocycles. The smallest absolute Gasteiger partial charge is 0.462 e. The molecule has 0 bridgehead atoms. The van der Waals surface area contributed by atoms with E-state index in [1.54, 1.807) is 0 Å². The van der Waals surface area contributed by atoms with Crippen LogP contribution in [-0.4, -0.2) is 96.7 Å². The summed E-state index contributed by atoms with van der Waals surface area (Å²) >= 11 is 0. The van der Waals surface area contributed by atoms with E-state index in [0.717, 1.165) is 199 Å². The van der Waals surface area contributed by atoms with E-state index in [0.29, 0.717) is 25.7 Å². The first-order chi connectivity index (χ1) is 49.7. The van der Waals surface area contributed by atoms with Crippen molar-refractivity contribution >= 4 is 39.5 Å². The van der Waals surface area contributed by atoms with Crippen LogP contribution in [0.1, 0.15) is 297 Å². The van der Waals surface area contributed by atoms with Gasteiger partial charge in [0.2, 0.25) is 0 Å². The second-order valence-corrected chi connectivity index (χ2v) is 28.4. The first kappa shape index (κ1) is 96.9. The SMILES string of the molecule is CC/C=C\C/C=C\C/C=C\C/C=C\CCCCC(=O)OCC(COP(=O)(O)OCC(O)COP(=O)(O)OCC(COC(=O)CCCCCCCC/C=C\C/C=C\C/C=C\CCCCC)OC(=O)CCCCCCC/C=C\C/C=C\C/C=C\CC)OC(=O)CCCCCCC/C=C\C/C=C\CCC. The van der Waals surface area contributed by atoms with Crippen molar-refractivity contribution in [2.75, 3.05) is 39.6 Å². The fourth-order valence-corrected chi connectivity index (χ4v) is 11.4. The molecular formula is C83H138O17P2. The van der Waals surface area contributed by atoms with Gasteiger partial charge in [0, 0.05) is 25.7 Å². The Kier molecular flexibility index (Phi) is 70.5. The molecule has 0 aromatic carbocycles. The molecule has 0 heterocycles. The lowest BCUT2D eigenvalue weighted by Gasteiger charge is -2.21. The molecule has 0 aliphatic rings. The highest BCUT2D eigenvalue weighted by molar-refractivity contribution is 7.47. The number of carbonyl (C=O) groups excluding carboxylic acids is 4. The highest BCUT2D eigenvalue weighted by atomic mass is 31.2. The standard InChI is InChI=1S/C83H138O17P2/c1-5-9-13-17-21-25-29-33-36-37-38-39-42-45-48-52-56-60-64-68-81(86)94-74-79(100-83(88)70-66-62-58-54-50-46-41-35-31-27-23-19-15-11-7-3)76-98-102(91,92)96-72-77(84)71-95-101(89,90)97-75-78(99-82(87)69-65-61-57-53-49-43-32-28-24-20-16-12-8-4)73-93-80(85)67-63-59-55-51-47-44-40-34-30-26-22-18-14-10-6-2/h10-11,14-16,20-23,25-28,32-36,38-41,47,51,77-79,84H,5-9,12-13,17-19,24,29-31,37,42-46,48-50,52-76H2,1-4H3,(H,89,90)(H,91,92)/b14-10-,15-11-,20-16-,25-21-,26-22-,27-23-,32-28-,36-33-,39-38-,40-34-,41-35-,51-47-. The molecule has 19 heteroatoms. The van der Waals surface area contributed by atoms with E-state index in [1.165, 1.54) is 19.3 Å². The lowest BCUT2D eigenvalue weighted by Crippen LogP contribution is -2.30. The fraction of sp³-hybridized carbons (Fsp3) is 0.663. The largest absolute Gasteiger partial charge is 0.472 e. The number of phosphoric ester groups is 2. The predicted octanol–water partition coefficient (Wildman–Crippen LogP) is 22.7. The molecular weight excluding hydrogens is 1330 g/mol. The summed E-state index contributed by atoms with van der Waals surface area (Å²) in [5.41, 5.74) is 0. The van der Waals surface area contributed by atoms with Crippen LogP contribution >= 0.6 is 15.6 Å². The highest BCUT2D eigenvalue weighted by Crippen LogP contribution is 2.45. The molecule has 17 nitrogen and oxygen atoms in total. The first-order valence-corrected chi connectivity index (χ1v) is 42.1. The second-order valence-electron chi connectivity index (χ2n) is 25.5. The third-order valence-corrected chi connectivity index (χ3v) is 17.7. The maximum absolute atomic E-state index is 13.1. The third-order valence-electron chi connectivity index (χ3n) is 15.7. The summed E-state index contributed by atoms with van der Waals surface area (Å²) in [6.45, 7) is 4.45. The van der Waals surface area contributed by atoms with Gasteiger partial charge in [0.15, 0.2) is 12.2 Å². The van der Waals surface area contributed by atoms with Crippen molar-refractivity contribution in [3.63, 3.8) is 0 Å². The number of carbonyl (C=O) groups is 4. The van der Waals surface area contributed by atoms with Crippen molar-refractivity contribution in [3.8, 4) is 0 Å². The number of hydrogen-bond acceptors (Lipinski definition) is 15. The molecule has 0 fully saturated rings. The number of ether oxygens (including phenoxy) is 4. The van der Waals surface area contributed by atoms with E-state index in [1.807, 2.05) is 0 Å². The van der Waals surface area contributed by atoms with E-state index in [9.17, 15) is 43.2 Å². The molecule has 102 heavy (non-hydrogen) atoms. The molecule has 0 spiro atoms. The second kappa shape index (κ2) is 74.2. The zero-order valence-electron chi connectivity index (χ0n) is 63.5. The van der Waals surface area contributed by atoms with Gasteiger partial charge in [-0.1, -0.05) is 257 Å². The van der Waals surface area contributed by atoms with Gasteiger partial charge in [-0.2, -0.15) is 0 Å².